The van der Waals surface area contributed by atoms with Crippen molar-refractivity contribution in [1.82, 2.24) is 0 Å². The van der Waals surface area contributed by atoms with E-state index in [9.17, 15) is 4.79 Å². The van der Waals surface area contributed by atoms with Gasteiger partial charge in [-0.1, -0.05) is 91.9 Å². The van der Waals surface area contributed by atoms with Gasteiger partial charge in [0.1, 0.15) is 0 Å². The highest BCUT2D eigenvalue weighted by Crippen LogP contribution is 2.43. The molecule has 0 saturated heterocycles. The molecule has 4 aromatic rings. The highest BCUT2D eigenvalue weighted by molar-refractivity contribution is 6.08. The number of hydrogen-bond acceptors (Lipinski definition) is 1. The van der Waals surface area contributed by atoms with Crippen LogP contribution in [0.25, 0.3) is 33.0 Å². The van der Waals surface area contributed by atoms with Gasteiger partial charge in [0.25, 0.3) is 0 Å². The normalized spacial score (nSPS) is 15.9. The molecule has 1 aliphatic rings. The molecular formula is C26H20O. The molecule has 0 aliphatic heterocycles. The summed E-state index contributed by atoms with van der Waals surface area (Å²) in [5, 5.41) is 2.46. The average Bonchev–Trinajstić information content (AvgIpc) is 3.01. The van der Waals surface area contributed by atoms with Crippen molar-refractivity contribution in [3.05, 3.63) is 96.1 Å². The van der Waals surface area contributed by atoms with Crippen LogP contribution in [0.5, 0.6) is 0 Å². The second-order valence-corrected chi connectivity index (χ2v) is 7.38. The van der Waals surface area contributed by atoms with E-state index in [1.807, 2.05) is 19.1 Å². The molecule has 1 unspecified atom stereocenters. The third-order valence-electron chi connectivity index (χ3n) is 5.68. The number of fused-ring (bicyclic) bond motifs is 2. The van der Waals surface area contributed by atoms with E-state index in [-0.39, 0.29) is 11.7 Å². The summed E-state index contributed by atoms with van der Waals surface area (Å²) in [6.07, 6.45) is 0.813. The lowest BCUT2D eigenvalue weighted by Gasteiger charge is -2.17. The molecule has 1 nitrogen and oxygen atoms in total. The number of carbonyl (C=O) groups is 1. The first-order valence-corrected chi connectivity index (χ1v) is 9.47. The Balaban J connectivity index is 1.89. The Morgan fingerprint density at radius 3 is 2.26 bits per heavy atom. The highest BCUT2D eigenvalue weighted by atomic mass is 16.1. The Bertz CT molecular complexity index is 1170. The van der Waals surface area contributed by atoms with Gasteiger partial charge < -0.3 is 0 Å². The van der Waals surface area contributed by atoms with Gasteiger partial charge in [0.15, 0.2) is 5.78 Å². The van der Waals surface area contributed by atoms with Gasteiger partial charge in [-0.25, -0.2) is 0 Å². The maximum Gasteiger partial charge on any atom is 0.166 e. The van der Waals surface area contributed by atoms with E-state index in [4.69, 9.17) is 0 Å². The fourth-order valence-electron chi connectivity index (χ4n) is 4.36. The fraction of sp³-hybridized carbons (Fsp3) is 0.115. The summed E-state index contributed by atoms with van der Waals surface area (Å²) in [5.41, 5.74) is 6.91. The molecule has 0 saturated carbocycles. The molecular weight excluding hydrogens is 328 g/mol. The zero-order chi connectivity index (χ0) is 18.4. The molecule has 130 valence electrons. The first-order chi connectivity index (χ1) is 13.2. The van der Waals surface area contributed by atoms with Gasteiger partial charge in [-0.15, -0.1) is 0 Å². The summed E-state index contributed by atoms with van der Waals surface area (Å²) in [6.45, 7) is 2.04. The van der Waals surface area contributed by atoms with E-state index < -0.39 is 0 Å². The largest absolute Gasteiger partial charge is 0.294 e. The molecule has 0 fully saturated rings. The van der Waals surface area contributed by atoms with Crippen LogP contribution in [-0.4, -0.2) is 5.78 Å². The van der Waals surface area contributed by atoms with Crippen molar-refractivity contribution in [2.24, 2.45) is 5.92 Å². The van der Waals surface area contributed by atoms with Gasteiger partial charge in [0.2, 0.25) is 0 Å². The summed E-state index contributed by atoms with van der Waals surface area (Å²) in [5.74, 6) is 0.325. The average molecular weight is 348 g/mol. The third-order valence-corrected chi connectivity index (χ3v) is 5.68. The van der Waals surface area contributed by atoms with Crippen molar-refractivity contribution in [3.8, 4) is 22.3 Å². The molecule has 27 heavy (non-hydrogen) atoms. The number of rotatable bonds is 2. The van der Waals surface area contributed by atoms with Crippen LogP contribution in [-0.2, 0) is 6.42 Å². The van der Waals surface area contributed by atoms with E-state index in [0.717, 1.165) is 12.0 Å². The lowest BCUT2D eigenvalue weighted by molar-refractivity contribution is 0.0946. The van der Waals surface area contributed by atoms with Crippen LogP contribution >= 0.6 is 0 Å². The predicted octanol–water partition coefficient (Wildman–Crippen LogP) is 6.55. The molecule has 0 heterocycles. The van der Waals surface area contributed by atoms with Crippen LogP contribution in [0, 0.1) is 5.92 Å². The van der Waals surface area contributed by atoms with Gasteiger partial charge in [-0.2, -0.15) is 0 Å². The quantitative estimate of drug-likeness (QED) is 0.401. The van der Waals surface area contributed by atoms with E-state index in [0.29, 0.717) is 0 Å². The molecule has 1 aliphatic carbocycles. The minimum absolute atomic E-state index is 0.0553. The molecule has 5 rings (SSSR count). The number of carbonyl (C=O) groups excluding carboxylic acids is 1. The molecule has 4 aromatic carbocycles. The van der Waals surface area contributed by atoms with Gasteiger partial charge in [0.05, 0.1) is 0 Å². The molecule has 0 radical (unpaired) electrons. The number of Topliss-reactive ketones (excluding diaryl/α,β-unsaturated/α-hetero) is 1. The molecule has 1 heteroatoms. The van der Waals surface area contributed by atoms with Crippen molar-refractivity contribution in [2.75, 3.05) is 0 Å². The molecule has 0 amide bonds. The van der Waals surface area contributed by atoms with E-state index >= 15 is 0 Å². The fourth-order valence-corrected chi connectivity index (χ4v) is 4.36. The molecule has 0 bridgehead atoms. The second-order valence-electron chi connectivity index (χ2n) is 7.38. The van der Waals surface area contributed by atoms with Gasteiger partial charge in [-0.05, 0) is 45.0 Å². The molecule has 1 atom stereocenters. The zero-order valence-electron chi connectivity index (χ0n) is 15.3. The SMILES string of the molecule is CC1Cc2c(ccc(-c3ccccc3)c2-c2cccc3ccccc23)C1=O. The van der Waals surface area contributed by atoms with Gasteiger partial charge in [0, 0.05) is 11.5 Å². The van der Waals surface area contributed by atoms with Crippen LogP contribution in [0.15, 0.2) is 84.9 Å². The predicted molar refractivity (Wildman–Crippen MR) is 112 cm³/mol. The van der Waals surface area contributed by atoms with E-state index in [1.54, 1.807) is 0 Å². The van der Waals surface area contributed by atoms with Crippen molar-refractivity contribution in [1.29, 1.82) is 0 Å². The van der Waals surface area contributed by atoms with Crippen LogP contribution in [0.3, 0.4) is 0 Å². The van der Waals surface area contributed by atoms with Gasteiger partial charge in [-0.3, -0.25) is 4.79 Å². The van der Waals surface area contributed by atoms with Gasteiger partial charge >= 0.3 is 0 Å². The van der Waals surface area contributed by atoms with Crippen LogP contribution in [0.1, 0.15) is 22.8 Å². The standard InChI is InChI=1S/C26H20O/c1-17-16-24-23(26(17)27)15-14-21(19-8-3-2-4-9-19)25(24)22-13-7-11-18-10-5-6-12-20(18)22/h2-15,17H,16H2,1H3. The summed E-state index contributed by atoms with van der Waals surface area (Å²) in [6, 6.07) is 29.6. The van der Waals surface area contributed by atoms with Crippen molar-refractivity contribution in [2.45, 2.75) is 13.3 Å². The lowest BCUT2D eigenvalue weighted by Crippen LogP contribution is -2.02. The number of hydrogen-bond donors (Lipinski definition) is 0. The first kappa shape index (κ1) is 16.0. The topological polar surface area (TPSA) is 17.1 Å². The Morgan fingerprint density at radius 1 is 0.704 bits per heavy atom. The second kappa shape index (κ2) is 6.21. The third kappa shape index (κ3) is 2.50. The number of benzene rings is 4. The van der Waals surface area contributed by atoms with Crippen molar-refractivity contribution < 1.29 is 4.79 Å². The van der Waals surface area contributed by atoms with Crippen LogP contribution < -0.4 is 0 Å². The Labute approximate surface area is 159 Å². The van der Waals surface area contributed by atoms with Crippen molar-refractivity contribution >= 4 is 16.6 Å². The Morgan fingerprint density at radius 2 is 1.41 bits per heavy atom. The Kier molecular flexibility index (Phi) is 3.68. The lowest BCUT2D eigenvalue weighted by atomic mass is 9.86. The monoisotopic (exact) mass is 348 g/mol. The molecule has 0 aromatic heterocycles. The van der Waals surface area contributed by atoms with E-state index in [1.165, 1.54) is 38.6 Å². The smallest absolute Gasteiger partial charge is 0.166 e. The summed E-state index contributed by atoms with van der Waals surface area (Å²) < 4.78 is 0. The number of ketones is 1. The van der Waals surface area contributed by atoms with Crippen molar-refractivity contribution in [3.63, 3.8) is 0 Å². The minimum Gasteiger partial charge on any atom is -0.294 e. The van der Waals surface area contributed by atoms with E-state index in [2.05, 4.69) is 72.8 Å². The summed E-state index contributed by atoms with van der Waals surface area (Å²) >= 11 is 0. The molecule has 0 spiro atoms. The highest BCUT2D eigenvalue weighted by Gasteiger charge is 2.31. The maximum absolute atomic E-state index is 12.7. The van der Waals surface area contributed by atoms with Crippen LogP contribution in [0.4, 0.5) is 0 Å². The van der Waals surface area contributed by atoms with Crippen LogP contribution in [0.2, 0.25) is 0 Å². The molecule has 0 N–H and O–H groups in total. The summed E-state index contributed by atoms with van der Waals surface area (Å²) in [4.78, 5) is 12.7. The zero-order valence-corrected chi connectivity index (χ0v) is 15.3. The maximum atomic E-state index is 12.7. The Hall–Kier alpha value is -3.19. The summed E-state index contributed by atoms with van der Waals surface area (Å²) in [7, 11) is 0. The minimum atomic E-state index is 0.0553. The first-order valence-electron chi connectivity index (χ1n) is 9.47.